The van der Waals surface area contributed by atoms with E-state index < -0.39 is 5.92 Å². The Labute approximate surface area is 67.0 Å². The second-order valence-electron chi connectivity index (χ2n) is 4.07. The van der Waals surface area contributed by atoms with Gasteiger partial charge in [0.25, 0.3) is 0 Å². The van der Waals surface area contributed by atoms with Crippen molar-refractivity contribution < 1.29 is 9.59 Å². The van der Waals surface area contributed by atoms with Crippen molar-refractivity contribution in [1.29, 1.82) is 0 Å². The van der Waals surface area contributed by atoms with Gasteiger partial charge in [-0.3, -0.25) is 4.79 Å². The Morgan fingerprint density at radius 2 is 2.09 bits per heavy atom. The molecule has 0 saturated heterocycles. The molecule has 0 amide bonds. The van der Waals surface area contributed by atoms with E-state index in [1.54, 1.807) is 6.92 Å². The monoisotopic (exact) mass is 154 g/mol. The fourth-order valence-electron chi connectivity index (χ4n) is 1.34. The summed E-state index contributed by atoms with van der Waals surface area (Å²) < 4.78 is 0. The first kappa shape index (κ1) is 8.44. The normalized spacial score (nSPS) is 29.2. The minimum absolute atomic E-state index is 0.116. The highest BCUT2D eigenvalue weighted by Gasteiger charge is 2.51. The van der Waals surface area contributed by atoms with Crippen LogP contribution < -0.4 is 0 Å². The smallest absolute Gasteiger partial charge is 0.146 e. The van der Waals surface area contributed by atoms with Gasteiger partial charge in [0.2, 0.25) is 0 Å². The lowest BCUT2D eigenvalue weighted by Gasteiger charge is -2.03. The summed E-state index contributed by atoms with van der Waals surface area (Å²) in [7, 11) is 0. The third kappa shape index (κ3) is 1.50. The van der Waals surface area contributed by atoms with Crippen molar-refractivity contribution in [3.8, 4) is 0 Å². The van der Waals surface area contributed by atoms with Gasteiger partial charge >= 0.3 is 0 Å². The molecule has 0 spiro atoms. The molecule has 1 saturated carbocycles. The van der Waals surface area contributed by atoms with Crippen LogP contribution in [0.4, 0.5) is 0 Å². The number of ketones is 1. The van der Waals surface area contributed by atoms with E-state index in [1.807, 2.05) is 0 Å². The molecule has 2 unspecified atom stereocenters. The summed E-state index contributed by atoms with van der Waals surface area (Å²) >= 11 is 0. The summed E-state index contributed by atoms with van der Waals surface area (Å²) in [6.07, 6.45) is 1.68. The van der Waals surface area contributed by atoms with E-state index in [2.05, 4.69) is 13.8 Å². The van der Waals surface area contributed by atoms with Crippen LogP contribution in [-0.2, 0) is 9.59 Å². The standard InChI is InChI=1S/C9H14O2/c1-6(5-10)8(11)7-4-9(7,2)3/h5-7H,4H2,1-3H3. The molecule has 1 fully saturated rings. The van der Waals surface area contributed by atoms with Crippen molar-refractivity contribution in [1.82, 2.24) is 0 Å². The SMILES string of the molecule is CC(C=O)C(=O)C1CC1(C)C. The maximum Gasteiger partial charge on any atom is 0.146 e. The molecule has 0 aliphatic heterocycles. The van der Waals surface area contributed by atoms with Crippen LogP contribution in [0.25, 0.3) is 0 Å². The molecule has 62 valence electrons. The van der Waals surface area contributed by atoms with Gasteiger partial charge in [0.05, 0.1) is 5.92 Å². The molecule has 1 aliphatic rings. The summed E-state index contributed by atoms with van der Waals surface area (Å²) in [5.41, 5.74) is 0.161. The molecule has 0 aromatic rings. The zero-order chi connectivity index (χ0) is 8.65. The lowest BCUT2D eigenvalue weighted by Crippen LogP contribution is -2.16. The Bertz CT molecular complexity index is 194. The minimum Gasteiger partial charge on any atom is -0.303 e. The molecule has 2 atom stereocenters. The molecule has 1 aliphatic carbocycles. The maximum absolute atomic E-state index is 11.3. The Kier molecular flexibility index (Phi) is 1.87. The highest BCUT2D eigenvalue weighted by molar-refractivity contribution is 5.96. The lowest BCUT2D eigenvalue weighted by molar-refractivity contribution is -0.128. The van der Waals surface area contributed by atoms with Crippen LogP contribution in [0.15, 0.2) is 0 Å². The third-order valence-corrected chi connectivity index (χ3v) is 2.51. The highest BCUT2D eigenvalue weighted by Crippen LogP contribution is 2.52. The van der Waals surface area contributed by atoms with Crippen molar-refractivity contribution in [2.45, 2.75) is 27.2 Å². The number of rotatable bonds is 3. The van der Waals surface area contributed by atoms with Gasteiger partial charge < -0.3 is 4.79 Å². The van der Waals surface area contributed by atoms with E-state index in [1.165, 1.54) is 0 Å². The minimum atomic E-state index is -0.401. The van der Waals surface area contributed by atoms with E-state index in [0.717, 1.165) is 12.7 Å². The number of carbonyl (C=O) groups is 2. The van der Waals surface area contributed by atoms with Gasteiger partial charge in [0, 0.05) is 5.92 Å². The van der Waals surface area contributed by atoms with E-state index in [-0.39, 0.29) is 17.1 Å². The first-order chi connectivity index (χ1) is 4.99. The summed E-state index contributed by atoms with van der Waals surface area (Å²) in [5, 5.41) is 0. The zero-order valence-electron chi connectivity index (χ0n) is 7.26. The second-order valence-corrected chi connectivity index (χ2v) is 4.07. The van der Waals surface area contributed by atoms with Crippen LogP contribution in [0.2, 0.25) is 0 Å². The predicted octanol–water partition coefficient (Wildman–Crippen LogP) is 1.44. The number of carbonyl (C=O) groups excluding carboxylic acids is 2. The molecular formula is C9H14O2. The van der Waals surface area contributed by atoms with Crippen molar-refractivity contribution in [3.63, 3.8) is 0 Å². The molecule has 0 bridgehead atoms. The van der Waals surface area contributed by atoms with Crippen LogP contribution in [-0.4, -0.2) is 12.1 Å². The maximum atomic E-state index is 11.3. The number of hydrogen-bond acceptors (Lipinski definition) is 2. The summed E-state index contributed by atoms with van der Waals surface area (Å²) in [5.74, 6) is -0.144. The number of Topliss-reactive ketones (excluding diaryl/α,β-unsaturated/α-hetero) is 1. The average molecular weight is 154 g/mol. The first-order valence-corrected chi connectivity index (χ1v) is 3.98. The molecule has 0 N–H and O–H groups in total. The fraction of sp³-hybridized carbons (Fsp3) is 0.778. The van der Waals surface area contributed by atoms with Crippen LogP contribution in [0, 0.1) is 17.3 Å². The summed E-state index contributed by atoms with van der Waals surface area (Å²) in [6, 6.07) is 0. The van der Waals surface area contributed by atoms with Crippen molar-refractivity contribution >= 4 is 12.1 Å². The van der Waals surface area contributed by atoms with Gasteiger partial charge in [-0.15, -0.1) is 0 Å². The Balaban J connectivity index is 2.52. The first-order valence-electron chi connectivity index (χ1n) is 3.98. The largest absolute Gasteiger partial charge is 0.303 e. The van der Waals surface area contributed by atoms with Crippen molar-refractivity contribution in [2.75, 3.05) is 0 Å². The Morgan fingerprint density at radius 3 is 2.36 bits per heavy atom. The molecule has 0 heterocycles. The molecule has 0 aromatic heterocycles. The number of aldehydes is 1. The molecule has 0 radical (unpaired) electrons. The van der Waals surface area contributed by atoms with Gasteiger partial charge in [-0.2, -0.15) is 0 Å². The third-order valence-electron chi connectivity index (χ3n) is 2.51. The molecule has 0 aromatic carbocycles. The molecule has 1 rings (SSSR count). The molecule has 2 nitrogen and oxygen atoms in total. The predicted molar refractivity (Wildman–Crippen MR) is 42.1 cm³/mol. The van der Waals surface area contributed by atoms with E-state index >= 15 is 0 Å². The Morgan fingerprint density at radius 1 is 1.64 bits per heavy atom. The topological polar surface area (TPSA) is 34.1 Å². The van der Waals surface area contributed by atoms with E-state index in [4.69, 9.17) is 0 Å². The quantitative estimate of drug-likeness (QED) is 0.455. The Hall–Kier alpha value is -0.660. The summed E-state index contributed by atoms with van der Waals surface area (Å²) in [4.78, 5) is 21.6. The van der Waals surface area contributed by atoms with Gasteiger partial charge in [-0.25, -0.2) is 0 Å². The van der Waals surface area contributed by atoms with E-state index in [9.17, 15) is 9.59 Å². The van der Waals surface area contributed by atoms with Gasteiger partial charge in [0.15, 0.2) is 0 Å². The highest BCUT2D eigenvalue weighted by atomic mass is 16.1. The summed E-state index contributed by atoms with van der Waals surface area (Å²) in [6.45, 7) is 5.80. The lowest BCUT2D eigenvalue weighted by atomic mass is 9.99. The zero-order valence-corrected chi connectivity index (χ0v) is 7.26. The van der Waals surface area contributed by atoms with Gasteiger partial charge in [-0.1, -0.05) is 13.8 Å². The van der Waals surface area contributed by atoms with Crippen molar-refractivity contribution in [2.24, 2.45) is 17.3 Å². The fourth-order valence-corrected chi connectivity index (χ4v) is 1.34. The van der Waals surface area contributed by atoms with Crippen LogP contribution >= 0.6 is 0 Å². The average Bonchev–Trinajstić information content (AvgIpc) is 2.56. The van der Waals surface area contributed by atoms with Gasteiger partial charge in [-0.05, 0) is 18.8 Å². The van der Waals surface area contributed by atoms with Crippen LogP contribution in [0.1, 0.15) is 27.2 Å². The van der Waals surface area contributed by atoms with Gasteiger partial charge in [0.1, 0.15) is 12.1 Å². The molecule has 11 heavy (non-hydrogen) atoms. The second kappa shape index (κ2) is 2.43. The molecule has 2 heteroatoms. The molecular weight excluding hydrogens is 140 g/mol. The van der Waals surface area contributed by atoms with Crippen LogP contribution in [0.5, 0.6) is 0 Å². The number of hydrogen-bond donors (Lipinski definition) is 0. The van der Waals surface area contributed by atoms with Crippen molar-refractivity contribution in [3.05, 3.63) is 0 Å². The van der Waals surface area contributed by atoms with E-state index in [0.29, 0.717) is 0 Å². The van der Waals surface area contributed by atoms with Crippen LogP contribution in [0.3, 0.4) is 0 Å².